The molecule has 0 aromatic heterocycles. The van der Waals surface area contributed by atoms with Gasteiger partial charge in [0.25, 0.3) is 0 Å². The summed E-state index contributed by atoms with van der Waals surface area (Å²) < 4.78 is 5.94. The van der Waals surface area contributed by atoms with Gasteiger partial charge in [0.05, 0.1) is 11.3 Å². The van der Waals surface area contributed by atoms with E-state index in [0.717, 1.165) is 16.5 Å². The maximum absolute atomic E-state index is 13.0. The van der Waals surface area contributed by atoms with E-state index in [0.29, 0.717) is 28.1 Å². The smallest absolute Gasteiger partial charge is 0.202 e. The molecule has 0 fully saturated rings. The van der Waals surface area contributed by atoms with E-state index < -0.39 is 0 Å². The van der Waals surface area contributed by atoms with Crippen molar-refractivity contribution in [1.29, 1.82) is 0 Å². The van der Waals surface area contributed by atoms with Gasteiger partial charge in [-0.25, -0.2) is 0 Å². The number of fused-ring (bicyclic) bond motifs is 3. The minimum atomic E-state index is -0.199. The lowest BCUT2D eigenvalue weighted by atomic mass is 10.0. The summed E-state index contributed by atoms with van der Waals surface area (Å²) in [6.07, 6.45) is 0. The Morgan fingerprint density at radius 2 is 1.40 bits per heavy atom. The fraction of sp³-hybridized carbons (Fsp3) is 0. The Kier molecular flexibility index (Phi) is 4.33. The summed E-state index contributed by atoms with van der Waals surface area (Å²) in [6.45, 7) is 0. The fourth-order valence-electron chi connectivity index (χ4n) is 3.54. The van der Waals surface area contributed by atoms with Crippen molar-refractivity contribution in [1.82, 2.24) is 0 Å². The number of rotatable bonds is 4. The van der Waals surface area contributed by atoms with Crippen molar-refractivity contribution in [3.8, 4) is 11.3 Å². The van der Waals surface area contributed by atoms with E-state index >= 15 is 0 Å². The molecule has 1 aliphatic carbocycles. The molecule has 0 atom stereocenters. The van der Waals surface area contributed by atoms with Gasteiger partial charge in [0.15, 0.2) is 5.78 Å². The molecule has 0 bridgehead atoms. The number of anilines is 1. The van der Waals surface area contributed by atoms with Crippen molar-refractivity contribution in [2.75, 3.05) is 5.73 Å². The standard InChI is InChI=1S/C25H17N3O2/c26-25-21(23(29)16-9-3-1-4-10-16)15-20-22(28-27-17-11-5-2-6-12-17)18-13-7-8-14-19(18)24(20)30-25/h1-15H,26H2. The molecule has 0 amide bonds. The molecule has 30 heavy (non-hydrogen) atoms. The molecule has 1 heterocycles. The molecule has 3 aromatic rings. The minimum Gasteiger partial charge on any atom is -0.439 e. The van der Waals surface area contributed by atoms with Gasteiger partial charge in [-0.15, -0.1) is 5.11 Å². The second kappa shape index (κ2) is 7.29. The Bertz CT molecular complexity index is 1360. The first kappa shape index (κ1) is 17.8. The van der Waals surface area contributed by atoms with Crippen LogP contribution in [0.3, 0.4) is 0 Å². The Labute approximate surface area is 172 Å². The second-order valence-corrected chi connectivity index (χ2v) is 6.89. The molecule has 1 aliphatic heterocycles. The van der Waals surface area contributed by atoms with Crippen LogP contribution in [0.25, 0.3) is 22.1 Å². The van der Waals surface area contributed by atoms with Gasteiger partial charge in [-0.3, -0.25) is 4.79 Å². The fourth-order valence-corrected chi connectivity index (χ4v) is 3.54. The van der Waals surface area contributed by atoms with Crippen molar-refractivity contribution in [3.63, 3.8) is 0 Å². The van der Waals surface area contributed by atoms with Crippen molar-refractivity contribution < 1.29 is 9.21 Å². The number of carbonyl (C=O) groups is 1. The van der Waals surface area contributed by atoms with Crippen LogP contribution in [0, 0.1) is 0 Å². The highest BCUT2D eigenvalue weighted by Crippen LogP contribution is 2.47. The number of carbonyl (C=O) groups excluding carboxylic acids is 1. The SMILES string of the molecule is Nc1oc2c3ccccc3c(N=Nc3ccccc3)c-2cc1C(=O)c1ccccc1. The van der Waals surface area contributed by atoms with Crippen LogP contribution in [0.4, 0.5) is 17.3 Å². The van der Waals surface area contributed by atoms with E-state index in [4.69, 9.17) is 10.2 Å². The predicted octanol–water partition coefficient (Wildman–Crippen LogP) is 6.77. The van der Waals surface area contributed by atoms with E-state index in [1.165, 1.54) is 0 Å². The normalized spacial score (nSPS) is 11.5. The van der Waals surface area contributed by atoms with Crippen LogP contribution in [-0.4, -0.2) is 5.78 Å². The molecule has 0 spiro atoms. The summed E-state index contributed by atoms with van der Waals surface area (Å²) in [7, 11) is 0. The van der Waals surface area contributed by atoms with Gasteiger partial charge in [0.1, 0.15) is 11.4 Å². The number of benzene rings is 3. The van der Waals surface area contributed by atoms with E-state index in [1.54, 1.807) is 18.2 Å². The summed E-state index contributed by atoms with van der Waals surface area (Å²) in [5, 5.41) is 10.6. The molecule has 5 rings (SSSR count). The van der Waals surface area contributed by atoms with Crippen LogP contribution in [-0.2, 0) is 0 Å². The minimum absolute atomic E-state index is 0.0821. The highest BCUT2D eigenvalue weighted by atomic mass is 16.3. The Morgan fingerprint density at radius 1 is 0.767 bits per heavy atom. The zero-order valence-electron chi connectivity index (χ0n) is 15.9. The largest absolute Gasteiger partial charge is 0.439 e. The molecular formula is C25H17N3O2. The molecule has 3 aromatic carbocycles. The first-order chi connectivity index (χ1) is 14.7. The maximum Gasteiger partial charge on any atom is 0.202 e. The summed E-state index contributed by atoms with van der Waals surface area (Å²) in [4.78, 5) is 13.0. The van der Waals surface area contributed by atoms with Crippen LogP contribution < -0.4 is 5.73 Å². The lowest BCUT2D eigenvalue weighted by Gasteiger charge is -2.08. The lowest BCUT2D eigenvalue weighted by Crippen LogP contribution is -2.05. The third kappa shape index (κ3) is 3.02. The quantitative estimate of drug-likeness (QED) is 0.271. The second-order valence-electron chi connectivity index (χ2n) is 6.89. The Balaban J connectivity index is 1.72. The van der Waals surface area contributed by atoms with E-state index in [1.807, 2.05) is 72.8 Å². The van der Waals surface area contributed by atoms with Crippen molar-refractivity contribution in [2.24, 2.45) is 10.2 Å². The number of nitrogen functional groups attached to an aromatic ring is 1. The van der Waals surface area contributed by atoms with Crippen LogP contribution in [0.5, 0.6) is 0 Å². The van der Waals surface area contributed by atoms with Crippen LogP contribution >= 0.6 is 0 Å². The first-order valence-corrected chi connectivity index (χ1v) is 9.52. The first-order valence-electron chi connectivity index (χ1n) is 9.52. The topological polar surface area (TPSA) is 80.9 Å². The molecule has 0 saturated heterocycles. The average Bonchev–Trinajstić information content (AvgIpc) is 3.10. The van der Waals surface area contributed by atoms with Gasteiger partial charge in [-0.2, -0.15) is 5.11 Å². The molecule has 5 nitrogen and oxygen atoms in total. The lowest BCUT2D eigenvalue weighted by molar-refractivity contribution is 0.103. The van der Waals surface area contributed by atoms with Crippen LogP contribution in [0.2, 0.25) is 0 Å². The monoisotopic (exact) mass is 391 g/mol. The summed E-state index contributed by atoms with van der Waals surface area (Å²) >= 11 is 0. The zero-order chi connectivity index (χ0) is 20.5. The van der Waals surface area contributed by atoms with Crippen molar-refractivity contribution in [3.05, 3.63) is 102 Å². The average molecular weight is 391 g/mol. The summed E-state index contributed by atoms with van der Waals surface area (Å²) in [6, 6.07) is 28.0. The molecule has 0 saturated carbocycles. The molecule has 144 valence electrons. The third-order valence-electron chi connectivity index (χ3n) is 4.99. The van der Waals surface area contributed by atoms with Gasteiger partial charge >= 0.3 is 0 Å². The molecule has 2 N–H and O–H groups in total. The van der Waals surface area contributed by atoms with Crippen LogP contribution in [0.15, 0.2) is 106 Å². The van der Waals surface area contributed by atoms with Crippen LogP contribution in [0.1, 0.15) is 15.9 Å². The summed E-state index contributed by atoms with van der Waals surface area (Å²) in [5.74, 6) is 0.475. The Morgan fingerprint density at radius 3 is 2.13 bits per heavy atom. The van der Waals surface area contributed by atoms with Crippen molar-refractivity contribution >= 4 is 33.8 Å². The number of ketones is 1. The highest BCUT2D eigenvalue weighted by Gasteiger charge is 2.25. The molecule has 5 heteroatoms. The molecule has 2 aliphatic rings. The summed E-state index contributed by atoms with van der Waals surface area (Å²) in [5.41, 5.74) is 9.08. The number of hydrogen-bond donors (Lipinski definition) is 1. The van der Waals surface area contributed by atoms with Gasteiger partial charge in [0, 0.05) is 21.9 Å². The van der Waals surface area contributed by atoms with Gasteiger partial charge in [-0.1, -0.05) is 72.8 Å². The van der Waals surface area contributed by atoms with Gasteiger partial charge in [-0.05, 0) is 18.2 Å². The van der Waals surface area contributed by atoms with E-state index in [2.05, 4.69) is 10.2 Å². The van der Waals surface area contributed by atoms with Gasteiger partial charge < -0.3 is 10.2 Å². The molecule has 0 radical (unpaired) electrons. The maximum atomic E-state index is 13.0. The van der Waals surface area contributed by atoms with E-state index in [-0.39, 0.29) is 11.7 Å². The number of hydrogen-bond acceptors (Lipinski definition) is 5. The zero-order valence-corrected chi connectivity index (χ0v) is 15.9. The third-order valence-corrected chi connectivity index (χ3v) is 4.99. The Hall–Kier alpha value is -4.25. The number of nitrogens with two attached hydrogens (primary N) is 1. The number of nitrogens with zero attached hydrogens (tertiary/aromatic N) is 2. The number of azo groups is 1. The van der Waals surface area contributed by atoms with Crippen molar-refractivity contribution in [2.45, 2.75) is 0 Å². The molecule has 0 unspecified atom stereocenters. The predicted molar refractivity (Wildman–Crippen MR) is 118 cm³/mol. The molecular weight excluding hydrogens is 374 g/mol. The van der Waals surface area contributed by atoms with E-state index in [9.17, 15) is 4.79 Å². The van der Waals surface area contributed by atoms with Gasteiger partial charge in [0.2, 0.25) is 5.88 Å². The highest BCUT2D eigenvalue weighted by molar-refractivity contribution is 6.15.